The summed E-state index contributed by atoms with van der Waals surface area (Å²) in [6.07, 6.45) is -2.49. The number of amides is 1. The smallest absolute Gasteiger partial charge is 0.416 e. The van der Waals surface area contributed by atoms with Gasteiger partial charge < -0.3 is 14.2 Å². The molecule has 1 aliphatic rings. The number of carbonyl (C=O) groups excluding carboxylic acids is 3. The monoisotopic (exact) mass is 651 g/mol. The predicted octanol–water partition coefficient (Wildman–Crippen LogP) is 6.68. The molecule has 206 valence electrons. The fourth-order valence-corrected chi connectivity index (χ4v) is 5.18. The first-order valence-electron chi connectivity index (χ1n) is 11.2. The number of anilines is 1. The molecule has 4 rings (SSSR count). The molecule has 0 bridgehead atoms. The molecular weight excluding hydrogens is 635 g/mol. The van der Waals surface area contributed by atoms with Gasteiger partial charge in [-0.2, -0.15) is 13.2 Å². The highest BCUT2D eigenvalue weighted by atomic mass is 79.9. The van der Waals surface area contributed by atoms with Crippen LogP contribution in [0.25, 0.3) is 6.08 Å². The molecule has 1 aliphatic heterocycles. The Morgan fingerprint density at radius 3 is 2.55 bits per heavy atom. The molecule has 0 N–H and O–H groups in total. The highest BCUT2D eigenvalue weighted by molar-refractivity contribution is 9.10. The number of ether oxygens (including phenoxy) is 3. The van der Waals surface area contributed by atoms with Crippen LogP contribution >= 0.6 is 39.9 Å². The summed E-state index contributed by atoms with van der Waals surface area (Å²) in [6, 6.07) is 13.6. The Kier molecular flexibility index (Phi) is 8.96. The molecule has 0 aromatic heterocycles. The molecule has 7 nitrogen and oxygen atoms in total. The van der Waals surface area contributed by atoms with E-state index in [1.165, 1.54) is 43.5 Å². The van der Waals surface area contributed by atoms with Gasteiger partial charge >= 0.3 is 12.1 Å². The Morgan fingerprint density at radius 2 is 1.85 bits per heavy atom. The topological polar surface area (TPSA) is 82.1 Å². The minimum atomic E-state index is -4.57. The zero-order valence-electron chi connectivity index (χ0n) is 20.4. The quantitative estimate of drug-likeness (QED) is 0.0877. The van der Waals surface area contributed by atoms with Gasteiger partial charge in [-0.25, -0.2) is 4.79 Å². The van der Waals surface area contributed by atoms with E-state index in [1.54, 1.807) is 18.2 Å². The second-order valence-electron chi connectivity index (χ2n) is 8.04. The molecule has 0 saturated carbocycles. The van der Waals surface area contributed by atoms with Gasteiger partial charge in [0, 0.05) is 4.47 Å². The number of thiocarbonyl (C=S) groups is 1. The van der Waals surface area contributed by atoms with Crippen LogP contribution in [0.2, 0.25) is 0 Å². The highest BCUT2D eigenvalue weighted by Crippen LogP contribution is 2.39. The number of nitrogens with zero attached hydrogens (tertiary/aromatic N) is 1. The number of methoxy groups -OCH3 is 1. The molecule has 1 saturated heterocycles. The third kappa shape index (κ3) is 6.72. The normalized spacial score (nSPS) is 14.4. The van der Waals surface area contributed by atoms with Crippen molar-refractivity contribution in [2.24, 2.45) is 0 Å². The van der Waals surface area contributed by atoms with Gasteiger partial charge in [-0.3, -0.25) is 14.5 Å². The van der Waals surface area contributed by atoms with E-state index < -0.39 is 30.2 Å². The molecule has 0 aliphatic carbocycles. The van der Waals surface area contributed by atoms with Crippen LogP contribution in [0.3, 0.4) is 0 Å². The summed E-state index contributed by atoms with van der Waals surface area (Å²) in [7, 11) is 1.38. The largest absolute Gasteiger partial charge is 0.493 e. The Labute approximate surface area is 244 Å². The lowest BCUT2D eigenvalue weighted by Crippen LogP contribution is -2.27. The van der Waals surface area contributed by atoms with Crippen molar-refractivity contribution in [1.29, 1.82) is 0 Å². The van der Waals surface area contributed by atoms with Gasteiger partial charge in [0.2, 0.25) is 0 Å². The summed E-state index contributed by atoms with van der Waals surface area (Å²) < 4.78 is 56.2. The van der Waals surface area contributed by atoms with E-state index in [-0.39, 0.29) is 37.7 Å². The summed E-state index contributed by atoms with van der Waals surface area (Å²) in [5, 5.41) is 0. The first kappa shape index (κ1) is 29.3. The van der Waals surface area contributed by atoms with Crippen LogP contribution in [0, 0.1) is 0 Å². The average molecular weight is 652 g/mol. The van der Waals surface area contributed by atoms with Crippen molar-refractivity contribution in [2.45, 2.75) is 6.18 Å². The molecule has 0 radical (unpaired) electrons. The number of thioether (sulfide) groups is 1. The minimum absolute atomic E-state index is 0.0112. The van der Waals surface area contributed by atoms with E-state index in [1.807, 2.05) is 0 Å². The highest BCUT2D eigenvalue weighted by Gasteiger charge is 2.36. The van der Waals surface area contributed by atoms with Crippen molar-refractivity contribution in [3.63, 3.8) is 0 Å². The van der Waals surface area contributed by atoms with Gasteiger partial charge in [-0.05, 0) is 60.2 Å². The second-order valence-corrected chi connectivity index (χ2v) is 10.6. The van der Waals surface area contributed by atoms with E-state index in [2.05, 4.69) is 15.9 Å². The summed E-state index contributed by atoms with van der Waals surface area (Å²) in [5.74, 6) is -0.809. The van der Waals surface area contributed by atoms with Crippen LogP contribution in [-0.2, 0) is 15.8 Å². The van der Waals surface area contributed by atoms with Crippen LogP contribution < -0.4 is 19.1 Å². The molecule has 1 fully saturated rings. The Bertz CT molecular complexity index is 1540. The van der Waals surface area contributed by atoms with Crippen LogP contribution in [0.5, 0.6) is 17.2 Å². The van der Waals surface area contributed by atoms with Crippen molar-refractivity contribution in [2.75, 3.05) is 18.6 Å². The Morgan fingerprint density at radius 1 is 1.07 bits per heavy atom. The molecule has 1 heterocycles. The van der Waals surface area contributed by atoms with Gasteiger partial charge in [0.25, 0.3) is 5.91 Å². The van der Waals surface area contributed by atoms with E-state index in [9.17, 15) is 27.6 Å². The molecule has 0 unspecified atom stereocenters. The number of aldehydes is 1. The molecule has 1 amide bonds. The number of hydrogen-bond donors (Lipinski definition) is 0. The molecule has 3 aromatic rings. The summed E-state index contributed by atoms with van der Waals surface area (Å²) in [5.41, 5.74) is -0.178. The molecule has 13 heteroatoms. The lowest BCUT2D eigenvalue weighted by molar-refractivity contribution is -0.138. The number of halogens is 4. The van der Waals surface area contributed by atoms with Gasteiger partial charge in [0.15, 0.2) is 28.7 Å². The first-order chi connectivity index (χ1) is 19.0. The lowest BCUT2D eigenvalue weighted by atomic mass is 10.1. The maximum atomic E-state index is 13.1. The zero-order valence-corrected chi connectivity index (χ0v) is 23.6. The maximum absolute atomic E-state index is 13.1. The van der Waals surface area contributed by atoms with Crippen LogP contribution in [0.1, 0.15) is 21.5 Å². The number of carbonyl (C=O) groups is 3. The molecular formula is C27H17BrF3NO6S2. The fourth-order valence-electron chi connectivity index (χ4n) is 3.54. The van der Waals surface area contributed by atoms with Gasteiger partial charge in [0.05, 0.1) is 28.8 Å². The van der Waals surface area contributed by atoms with Gasteiger partial charge in [-0.1, -0.05) is 52.0 Å². The van der Waals surface area contributed by atoms with E-state index in [4.69, 9.17) is 26.4 Å². The number of alkyl halides is 3. The van der Waals surface area contributed by atoms with Crippen LogP contribution in [0.15, 0.2) is 70.0 Å². The molecule has 3 aromatic carbocycles. The fraction of sp³-hybridized carbons (Fsp3) is 0.111. The van der Waals surface area contributed by atoms with E-state index >= 15 is 0 Å². The van der Waals surface area contributed by atoms with Crippen molar-refractivity contribution >= 4 is 74.2 Å². The SMILES string of the molecule is COc1cc(/C=C2\SC(=S)N(c3cccc(C(F)(F)F)c3)C2=O)ccc1OCC(=O)Oc1cc(Br)ccc1C=O. The van der Waals surface area contributed by atoms with Crippen molar-refractivity contribution in [3.8, 4) is 17.2 Å². The first-order valence-corrected chi connectivity index (χ1v) is 13.2. The summed E-state index contributed by atoms with van der Waals surface area (Å²) in [4.78, 5) is 37.8. The van der Waals surface area contributed by atoms with Crippen LogP contribution in [0.4, 0.5) is 18.9 Å². The number of rotatable bonds is 8. The third-order valence-corrected chi connectivity index (χ3v) is 7.18. The van der Waals surface area contributed by atoms with E-state index in [0.717, 1.165) is 28.8 Å². The number of esters is 1. The predicted molar refractivity (Wildman–Crippen MR) is 151 cm³/mol. The standard InChI is InChI=1S/C27H17BrF3NO6S2/c1-36-22-9-15(5-8-20(22)37-14-24(34)38-21-12-18(28)7-6-16(21)13-33)10-23-25(35)32(26(39)40-23)19-4-2-3-17(11-19)27(29,30)31/h2-13H,14H2,1H3/b23-10-. The maximum Gasteiger partial charge on any atom is 0.416 e. The van der Waals surface area contributed by atoms with Gasteiger partial charge in [0.1, 0.15) is 5.75 Å². The van der Waals surface area contributed by atoms with Crippen LogP contribution in [-0.4, -0.2) is 36.2 Å². The Hall–Kier alpha value is -3.68. The zero-order chi connectivity index (χ0) is 29.0. The summed E-state index contributed by atoms with van der Waals surface area (Å²) in [6.45, 7) is -0.490. The molecule has 0 spiro atoms. The molecule has 0 atom stereocenters. The Balaban J connectivity index is 1.47. The minimum Gasteiger partial charge on any atom is -0.493 e. The van der Waals surface area contributed by atoms with Crippen molar-refractivity contribution in [3.05, 3.63) is 86.7 Å². The summed E-state index contributed by atoms with van der Waals surface area (Å²) >= 11 is 9.46. The number of benzene rings is 3. The second kappa shape index (κ2) is 12.2. The number of hydrogen-bond acceptors (Lipinski definition) is 8. The lowest BCUT2D eigenvalue weighted by Gasteiger charge is -2.16. The van der Waals surface area contributed by atoms with Crippen molar-refractivity contribution < 1.29 is 41.8 Å². The molecule has 40 heavy (non-hydrogen) atoms. The van der Waals surface area contributed by atoms with Gasteiger partial charge in [-0.15, -0.1) is 0 Å². The van der Waals surface area contributed by atoms with E-state index in [0.29, 0.717) is 16.3 Å². The third-order valence-electron chi connectivity index (χ3n) is 5.38. The van der Waals surface area contributed by atoms with Crippen molar-refractivity contribution in [1.82, 2.24) is 0 Å². The average Bonchev–Trinajstić information content (AvgIpc) is 3.19.